The second-order valence-electron chi connectivity index (χ2n) is 7.27. The molecule has 0 unspecified atom stereocenters. The van der Waals surface area contributed by atoms with Crippen molar-refractivity contribution in [1.82, 2.24) is 15.0 Å². The highest BCUT2D eigenvalue weighted by atomic mass is 19.1. The van der Waals surface area contributed by atoms with Crippen molar-refractivity contribution in [3.8, 4) is 0 Å². The number of ether oxygens (including phenoxy) is 1. The highest BCUT2D eigenvalue weighted by Gasteiger charge is 2.42. The molecule has 0 bridgehead atoms. The van der Waals surface area contributed by atoms with Crippen LogP contribution in [0.25, 0.3) is 0 Å². The molecule has 1 amide bonds. The molecule has 1 N–H and O–H groups in total. The summed E-state index contributed by atoms with van der Waals surface area (Å²) in [6, 6.07) is 4.13. The number of methoxy groups -OCH3 is 1. The molecule has 1 atom stereocenters. The zero-order chi connectivity index (χ0) is 21.3. The molecule has 1 aromatic heterocycles. The fourth-order valence-corrected chi connectivity index (χ4v) is 3.70. The number of hydrogen-bond acceptors (Lipinski definition) is 7. The number of nitrogens with one attached hydrogen (secondary N) is 1. The summed E-state index contributed by atoms with van der Waals surface area (Å²) in [6.45, 7) is 0.303. The van der Waals surface area contributed by atoms with E-state index < -0.39 is 23.6 Å². The number of halogens is 2. The van der Waals surface area contributed by atoms with Gasteiger partial charge in [0.25, 0.3) is 0 Å². The SMILES string of the molecule is COC(=O)c1ccnc(NC2CC(C(=O)N3OCC[C@H]3c3cc(F)cc(F)c3)C2)n1. The summed E-state index contributed by atoms with van der Waals surface area (Å²) in [5, 5.41) is 4.33. The van der Waals surface area contributed by atoms with Crippen molar-refractivity contribution in [1.29, 1.82) is 0 Å². The molecule has 2 aromatic rings. The summed E-state index contributed by atoms with van der Waals surface area (Å²) in [5.41, 5.74) is 0.512. The topological polar surface area (TPSA) is 93.6 Å². The summed E-state index contributed by atoms with van der Waals surface area (Å²) < 4.78 is 31.8. The molecule has 1 aliphatic heterocycles. The van der Waals surface area contributed by atoms with Crippen LogP contribution in [-0.2, 0) is 14.4 Å². The fourth-order valence-electron chi connectivity index (χ4n) is 3.70. The number of esters is 1. The van der Waals surface area contributed by atoms with Crippen LogP contribution in [0.2, 0.25) is 0 Å². The molecule has 2 heterocycles. The van der Waals surface area contributed by atoms with Crippen LogP contribution in [0.4, 0.5) is 14.7 Å². The number of hydrogen-bond donors (Lipinski definition) is 1. The maximum absolute atomic E-state index is 13.6. The Bertz CT molecular complexity index is 947. The maximum Gasteiger partial charge on any atom is 0.356 e. The Morgan fingerprint density at radius 2 is 1.97 bits per heavy atom. The molecule has 2 aliphatic rings. The quantitative estimate of drug-likeness (QED) is 0.746. The molecule has 1 saturated carbocycles. The van der Waals surface area contributed by atoms with Crippen LogP contribution in [0.5, 0.6) is 0 Å². The van der Waals surface area contributed by atoms with Gasteiger partial charge in [0.1, 0.15) is 11.6 Å². The van der Waals surface area contributed by atoms with Gasteiger partial charge in [-0.25, -0.2) is 28.6 Å². The summed E-state index contributed by atoms with van der Waals surface area (Å²) in [6.07, 6.45) is 2.96. The minimum absolute atomic E-state index is 0.0421. The van der Waals surface area contributed by atoms with Gasteiger partial charge in [-0.15, -0.1) is 0 Å². The summed E-state index contributed by atoms with van der Waals surface area (Å²) in [4.78, 5) is 38.1. The minimum Gasteiger partial charge on any atom is -0.464 e. The van der Waals surface area contributed by atoms with Crippen molar-refractivity contribution in [2.75, 3.05) is 19.0 Å². The molecule has 0 spiro atoms. The zero-order valence-corrected chi connectivity index (χ0v) is 16.2. The lowest BCUT2D eigenvalue weighted by molar-refractivity contribution is -0.184. The van der Waals surface area contributed by atoms with Crippen molar-refractivity contribution in [3.63, 3.8) is 0 Å². The van der Waals surface area contributed by atoms with Crippen molar-refractivity contribution < 1.29 is 27.9 Å². The van der Waals surface area contributed by atoms with E-state index in [1.807, 2.05) is 0 Å². The predicted molar refractivity (Wildman–Crippen MR) is 100 cm³/mol. The summed E-state index contributed by atoms with van der Waals surface area (Å²) in [5.74, 6) is -2.17. The van der Waals surface area contributed by atoms with Crippen LogP contribution < -0.4 is 5.32 Å². The highest BCUT2D eigenvalue weighted by molar-refractivity contribution is 5.87. The average Bonchev–Trinajstić information content (AvgIpc) is 3.19. The largest absolute Gasteiger partial charge is 0.464 e. The number of anilines is 1. The van der Waals surface area contributed by atoms with Crippen LogP contribution in [0, 0.1) is 17.6 Å². The molecule has 30 heavy (non-hydrogen) atoms. The highest BCUT2D eigenvalue weighted by Crippen LogP contribution is 2.37. The molecule has 1 saturated heterocycles. The first-order valence-corrected chi connectivity index (χ1v) is 9.54. The number of nitrogens with zero attached hydrogens (tertiary/aromatic N) is 3. The average molecular weight is 418 g/mol. The van der Waals surface area contributed by atoms with E-state index in [1.165, 1.54) is 36.6 Å². The van der Waals surface area contributed by atoms with Gasteiger partial charge in [-0.05, 0) is 36.6 Å². The third-order valence-electron chi connectivity index (χ3n) is 5.26. The first kappa shape index (κ1) is 20.1. The summed E-state index contributed by atoms with van der Waals surface area (Å²) in [7, 11) is 1.27. The van der Waals surface area contributed by atoms with E-state index in [2.05, 4.69) is 20.0 Å². The summed E-state index contributed by atoms with van der Waals surface area (Å²) >= 11 is 0. The molecule has 10 heteroatoms. The molecule has 0 radical (unpaired) electrons. The lowest BCUT2D eigenvalue weighted by atomic mass is 9.79. The maximum atomic E-state index is 13.6. The van der Waals surface area contributed by atoms with E-state index in [9.17, 15) is 18.4 Å². The molecule has 8 nitrogen and oxygen atoms in total. The number of carbonyl (C=O) groups is 2. The number of benzene rings is 1. The van der Waals surface area contributed by atoms with Crippen LogP contribution in [0.3, 0.4) is 0 Å². The lowest BCUT2D eigenvalue weighted by Gasteiger charge is -2.37. The van der Waals surface area contributed by atoms with Crippen LogP contribution in [0.1, 0.15) is 41.4 Å². The van der Waals surface area contributed by atoms with Crippen molar-refractivity contribution in [2.45, 2.75) is 31.3 Å². The van der Waals surface area contributed by atoms with Crippen molar-refractivity contribution in [3.05, 3.63) is 53.4 Å². The normalized spacial score (nSPS) is 23.0. The molecule has 1 aromatic carbocycles. The Hall–Kier alpha value is -3.14. The van der Waals surface area contributed by atoms with Gasteiger partial charge in [-0.1, -0.05) is 0 Å². The number of hydroxylamine groups is 2. The van der Waals surface area contributed by atoms with E-state index in [4.69, 9.17) is 4.84 Å². The van der Waals surface area contributed by atoms with Crippen LogP contribution >= 0.6 is 0 Å². The van der Waals surface area contributed by atoms with Gasteiger partial charge in [-0.2, -0.15) is 0 Å². The van der Waals surface area contributed by atoms with Gasteiger partial charge in [0.2, 0.25) is 11.9 Å². The van der Waals surface area contributed by atoms with Gasteiger partial charge < -0.3 is 10.1 Å². The van der Waals surface area contributed by atoms with Gasteiger partial charge in [-0.3, -0.25) is 9.63 Å². The molecule has 1 aliphatic carbocycles. The Kier molecular flexibility index (Phi) is 5.58. The van der Waals surface area contributed by atoms with Crippen LogP contribution in [0.15, 0.2) is 30.5 Å². The molecule has 158 valence electrons. The zero-order valence-electron chi connectivity index (χ0n) is 16.2. The number of carbonyl (C=O) groups excluding carboxylic acids is 2. The molecule has 2 fully saturated rings. The van der Waals surface area contributed by atoms with Crippen molar-refractivity contribution in [2.24, 2.45) is 5.92 Å². The first-order chi connectivity index (χ1) is 14.4. The third kappa shape index (κ3) is 4.09. The van der Waals surface area contributed by atoms with Gasteiger partial charge >= 0.3 is 5.97 Å². The van der Waals surface area contributed by atoms with Gasteiger partial charge in [0.05, 0.1) is 19.8 Å². The van der Waals surface area contributed by atoms with E-state index in [1.54, 1.807) is 0 Å². The van der Waals surface area contributed by atoms with Gasteiger partial charge in [0.15, 0.2) is 5.69 Å². The van der Waals surface area contributed by atoms with E-state index in [0.717, 1.165) is 6.07 Å². The van der Waals surface area contributed by atoms with Crippen LogP contribution in [-0.4, -0.2) is 46.7 Å². The number of rotatable bonds is 5. The molecular weight excluding hydrogens is 398 g/mol. The molecular formula is C20H20F2N4O4. The van der Waals surface area contributed by atoms with E-state index in [-0.39, 0.29) is 29.5 Å². The Morgan fingerprint density at radius 3 is 2.67 bits per heavy atom. The number of amides is 1. The smallest absolute Gasteiger partial charge is 0.356 e. The number of aromatic nitrogens is 2. The van der Waals surface area contributed by atoms with E-state index in [0.29, 0.717) is 31.4 Å². The predicted octanol–water partition coefficient (Wildman–Crippen LogP) is 2.64. The van der Waals surface area contributed by atoms with Gasteiger partial charge in [0, 0.05) is 30.6 Å². The second kappa shape index (κ2) is 8.31. The Labute approximate surface area is 171 Å². The minimum atomic E-state index is -0.689. The third-order valence-corrected chi connectivity index (χ3v) is 5.26. The first-order valence-electron chi connectivity index (χ1n) is 9.54. The monoisotopic (exact) mass is 418 g/mol. The van der Waals surface area contributed by atoms with Crippen molar-refractivity contribution >= 4 is 17.8 Å². The fraction of sp³-hybridized carbons (Fsp3) is 0.400. The standard InChI is InChI=1S/C20H20F2N4O4/c1-29-19(28)16-2-4-23-20(25-16)24-15-8-12(9-15)18(27)26-17(3-5-30-26)11-6-13(21)10-14(22)7-11/h2,4,6-7,10,12,15,17H,3,5,8-9H2,1H3,(H,23,24,25)/t12?,15?,17-/m0/s1. The molecule has 4 rings (SSSR count). The van der Waals surface area contributed by atoms with E-state index >= 15 is 0 Å². The Balaban J connectivity index is 1.36. The lowest BCUT2D eigenvalue weighted by Crippen LogP contribution is -2.45. The second-order valence-corrected chi connectivity index (χ2v) is 7.27. The Morgan fingerprint density at radius 1 is 1.23 bits per heavy atom.